The molecular formula is C22H22F2N4OS. The van der Waals surface area contributed by atoms with Crippen LogP contribution < -0.4 is 15.1 Å². The van der Waals surface area contributed by atoms with Gasteiger partial charge >= 0.3 is 0 Å². The number of thiazole rings is 1. The summed E-state index contributed by atoms with van der Waals surface area (Å²) in [5, 5.41) is 5.42. The highest BCUT2D eigenvalue weighted by Crippen LogP contribution is 2.25. The van der Waals surface area contributed by atoms with Crippen LogP contribution in [0.3, 0.4) is 0 Å². The maximum atomic E-state index is 14.0. The quantitative estimate of drug-likeness (QED) is 0.661. The lowest BCUT2D eigenvalue weighted by Crippen LogP contribution is -2.46. The van der Waals surface area contributed by atoms with Gasteiger partial charge in [-0.2, -0.15) is 0 Å². The largest absolute Gasteiger partial charge is 0.366 e. The van der Waals surface area contributed by atoms with E-state index in [1.54, 1.807) is 29.6 Å². The molecule has 5 nitrogen and oxygen atoms in total. The van der Waals surface area contributed by atoms with Crippen LogP contribution in [0.25, 0.3) is 0 Å². The molecule has 1 aliphatic heterocycles. The number of hydrogen-bond acceptors (Lipinski definition) is 5. The third-order valence-corrected chi connectivity index (χ3v) is 6.09. The molecule has 0 spiro atoms. The van der Waals surface area contributed by atoms with E-state index in [1.165, 1.54) is 29.5 Å². The van der Waals surface area contributed by atoms with E-state index in [2.05, 4.69) is 15.2 Å². The Kier molecular flexibility index (Phi) is 5.94. The molecule has 2 aromatic carbocycles. The summed E-state index contributed by atoms with van der Waals surface area (Å²) >= 11 is 1.42. The monoisotopic (exact) mass is 428 g/mol. The highest BCUT2D eigenvalue weighted by molar-refractivity contribution is 7.13. The highest BCUT2D eigenvalue weighted by atomic mass is 32.1. The third-order valence-electron chi connectivity index (χ3n) is 5.19. The van der Waals surface area contributed by atoms with Crippen LogP contribution in [0.1, 0.15) is 29.0 Å². The third kappa shape index (κ3) is 4.43. The van der Waals surface area contributed by atoms with Crippen molar-refractivity contribution in [1.29, 1.82) is 0 Å². The van der Waals surface area contributed by atoms with E-state index >= 15 is 0 Å². The second-order valence-corrected chi connectivity index (χ2v) is 8.02. The van der Waals surface area contributed by atoms with Crippen LogP contribution in [0.2, 0.25) is 0 Å². The topological polar surface area (TPSA) is 48.5 Å². The first-order valence-corrected chi connectivity index (χ1v) is 10.7. The molecule has 0 bridgehead atoms. The van der Waals surface area contributed by atoms with Crippen molar-refractivity contribution in [1.82, 2.24) is 10.3 Å². The fraction of sp³-hybridized carbons (Fsp3) is 0.273. The number of carbonyl (C=O) groups excluding carboxylic acids is 1. The van der Waals surface area contributed by atoms with Gasteiger partial charge in [-0.15, -0.1) is 11.3 Å². The molecule has 0 saturated carbocycles. The number of amides is 1. The Morgan fingerprint density at radius 2 is 1.70 bits per heavy atom. The van der Waals surface area contributed by atoms with Crippen molar-refractivity contribution in [3.63, 3.8) is 0 Å². The number of hydrogen-bond donors (Lipinski definition) is 1. The Morgan fingerprint density at radius 3 is 2.40 bits per heavy atom. The lowest BCUT2D eigenvalue weighted by atomic mass is 10.1. The van der Waals surface area contributed by atoms with Crippen LogP contribution in [-0.4, -0.2) is 37.1 Å². The van der Waals surface area contributed by atoms with E-state index < -0.39 is 0 Å². The molecule has 1 atom stereocenters. The van der Waals surface area contributed by atoms with E-state index in [-0.39, 0.29) is 23.6 Å². The van der Waals surface area contributed by atoms with Crippen molar-refractivity contribution in [2.45, 2.75) is 13.0 Å². The van der Waals surface area contributed by atoms with E-state index in [9.17, 15) is 13.6 Å². The van der Waals surface area contributed by atoms with Gasteiger partial charge in [-0.25, -0.2) is 13.8 Å². The van der Waals surface area contributed by atoms with Crippen molar-refractivity contribution in [3.05, 3.63) is 76.8 Å². The van der Waals surface area contributed by atoms with E-state index in [0.717, 1.165) is 10.7 Å². The minimum Gasteiger partial charge on any atom is -0.366 e. The number of halogens is 2. The number of rotatable bonds is 5. The SMILES string of the molecule is C[C@@H](NC(=O)c1csc(N2CCN(c3ccccc3F)CC2)n1)c1ccc(F)cc1. The van der Waals surface area contributed by atoms with Crippen molar-refractivity contribution in [3.8, 4) is 0 Å². The first-order chi connectivity index (χ1) is 14.5. The number of benzene rings is 2. The Morgan fingerprint density at radius 1 is 1.03 bits per heavy atom. The molecule has 2 heterocycles. The second kappa shape index (κ2) is 8.79. The van der Waals surface area contributed by atoms with Crippen LogP contribution in [0, 0.1) is 11.6 Å². The highest BCUT2D eigenvalue weighted by Gasteiger charge is 2.22. The summed E-state index contributed by atoms with van der Waals surface area (Å²) in [4.78, 5) is 21.2. The zero-order valence-corrected chi connectivity index (χ0v) is 17.3. The molecule has 1 aromatic heterocycles. The number of nitrogens with zero attached hydrogens (tertiary/aromatic N) is 3. The van der Waals surface area contributed by atoms with Crippen LogP contribution in [0.5, 0.6) is 0 Å². The van der Waals surface area contributed by atoms with Gasteiger partial charge in [-0.3, -0.25) is 4.79 Å². The Bertz CT molecular complexity index is 1020. The van der Waals surface area contributed by atoms with E-state index in [1.807, 2.05) is 17.9 Å². The Balaban J connectivity index is 1.35. The molecule has 30 heavy (non-hydrogen) atoms. The van der Waals surface area contributed by atoms with Gasteiger partial charge < -0.3 is 15.1 Å². The average molecular weight is 429 g/mol. The number of piperazine rings is 1. The fourth-order valence-corrected chi connectivity index (χ4v) is 4.33. The molecule has 4 rings (SSSR count). The number of nitrogens with one attached hydrogen (secondary N) is 1. The molecule has 3 aromatic rings. The van der Waals surface area contributed by atoms with Gasteiger partial charge in [0.05, 0.1) is 11.7 Å². The number of anilines is 2. The molecule has 1 aliphatic rings. The molecular weight excluding hydrogens is 406 g/mol. The molecule has 1 N–H and O–H groups in total. The van der Waals surface area contributed by atoms with Gasteiger partial charge in [0.1, 0.15) is 17.3 Å². The summed E-state index contributed by atoms with van der Waals surface area (Å²) in [5.41, 5.74) is 1.80. The molecule has 0 radical (unpaired) electrons. The number of para-hydroxylation sites is 1. The lowest BCUT2D eigenvalue weighted by molar-refractivity contribution is 0.0935. The maximum absolute atomic E-state index is 14.0. The summed E-state index contributed by atoms with van der Waals surface area (Å²) < 4.78 is 27.1. The molecule has 8 heteroatoms. The zero-order chi connectivity index (χ0) is 21.1. The van der Waals surface area contributed by atoms with Crippen molar-refractivity contribution in [2.24, 2.45) is 0 Å². The van der Waals surface area contributed by atoms with Crippen molar-refractivity contribution < 1.29 is 13.6 Å². The van der Waals surface area contributed by atoms with Gasteiger partial charge in [0.25, 0.3) is 5.91 Å². The Labute approximate surface area is 178 Å². The van der Waals surface area contributed by atoms with Crippen LogP contribution >= 0.6 is 11.3 Å². The van der Waals surface area contributed by atoms with Gasteiger partial charge in [-0.05, 0) is 36.8 Å². The normalized spacial score (nSPS) is 15.2. The van der Waals surface area contributed by atoms with Gasteiger partial charge in [-0.1, -0.05) is 24.3 Å². The van der Waals surface area contributed by atoms with E-state index in [0.29, 0.717) is 37.6 Å². The molecule has 1 amide bonds. The fourth-order valence-electron chi connectivity index (χ4n) is 3.47. The van der Waals surface area contributed by atoms with Crippen molar-refractivity contribution in [2.75, 3.05) is 36.0 Å². The Hall–Kier alpha value is -3.00. The minimum atomic E-state index is -0.309. The zero-order valence-electron chi connectivity index (χ0n) is 16.5. The number of aromatic nitrogens is 1. The molecule has 0 aliphatic carbocycles. The smallest absolute Gasteiger partial charge is 0.271 e. The second-order valence-electron chi connectivity index (χ2n) is 7.19. The maximum Gasteiger partial charge on any atom is 0.271 e. The molecule has 156 valence electrons. The summed E-state index contributed by atoms with van der Waals surface area (Å²) in [6.07, 6.45) is 0. The summed E-state index contributed by atoms with van der Waals surface area (Å²) in [5.74, 6) is -0.787. The summed E-state index contributed by atoms with van der Waals surface area (Å²) in [6.45, 7) is 4.62. The average Bonchev–Trinajstić information content (AvgIpc) is 3.25. The molecule has 1 saturated heterocycles. The minimum absolute atomic E-state index is 0.213. The first-order valence-electron chi connectivity index (χ1n) is 9.77. The van der Waals surface area contributed by atoms with Crippen LogP contribution in [0.15, 0.2) is 53.9 Å². The van der Waals surface area contributed by atoms with E-state index in [4.69, 9.17) is 0 Å². The summed E-state index contributed by atoms with van der Waals surface area (Å²) in [7, 11) is 0. The van der Waals surface area contributed by atoms with Crippen LogP contribution in [0.4, 0.5) is 19.6 Å². The molecule has 0 unspecified atom stereocenters. The predicted molar refractivity (Wildman–Crippen MR) is 115 cm³/mol. The number of carbonyl (C=O) groups is 1. The first kappa shape index (κ1) is 20.3. The van der Waals surface area contributed by atoms with Gasteiger partial charge in [0, 0.05) is 31.6 Å². The van der Waals surface area contributed by atoms with Gasteiger partial charge in [0.2, 0.25) is 0 Å². The standard InChI is InChI=1S/C22H22F2N4OS/c1-15(16-6-8-17(23)9-7-16)25-21(29)19-14-30-22(26-19)28-12-10-27(11-13-28)20-5-3-2-4-18(20)24/h2-9,14-15H,10-13H2,1H3,(H,25,29)/t15-/m1/s1. The predicted octanol–water partition coefficient (Wildman–Crippen LogP) is 4.24. The van der Waals surface area contributed by atoms with Crippen molar-refractivity contribution >= 4 is 28.1 Å². The van der Waals surface area contributed by atoms with Crippen LogP contribution in [-0.2, 0) is 0 Å². The van der Waals surface area contributed by atoms with Gasteiger partial charge in [0.15, 0.2) is 5.13 Å². The molecule has 1 fully saturated rings. The summed E-state index contributed by atoms with van der Waals surface area (Å²) in [6, 6.07) is 12.6. The lowest BCUT2D eigenvalue weighted by Gasteiger charge is -2.36.